The number of carbonyl (C=O) groups is 1. The minimum absolute atomic E-state index is 0.0113. The number of anilines is 1. The molecule has 0 aromatic carbocycles. The molecule has 0 aliphatic carbocycles. The van der Waals surface area contributed by atoms with Crippen molar-refractivity contribution in [3.8, 4) is 11.3 Å². The number of nitrogen functional groups attached to an aromatic ring is 1. The van der Waals surface area contributed by atoms with Gasteiger partial charge in [0.05, 0.1) is 5.69 Å². The molecule has 2 aromatic rings. The molecular weight excluding hydrogens is 284 g/mol. The summed E-state index contributed by atoms with van der Waals surface area (Å²) >= 11 is 1.19. The molecule has 0 atom stereocenters. The number of carbonyl (C=O) groups excluding carboxylic acids is 1. The Bertz CT molecular complexity index is 632. The number of rotatable bonds is 2. The Kier molecular flexibility index (Phi) is 3.88. The summed E-state index contributed by atoms with van der Waals surface area (Å²) in [6.45, 7) is 3.84. The van der Waals surface area contributed by atoms with Crippen molar-refractivity contribution in [2.24, 2.45) is 5.92 Å². The topological polar surface area (TPSA) is 72.1 Å². The fraction of sp³-hybridized carbons (Fsp3) is 0.400. The first-order valence-electron chi connectivity index (χ1n) is 7.11. The van der Waals surface area contributed by atoms with Crippen LogP contribution in [0, 0.1) is 5.92 Å². The van der Waals surface area contributed by atoms with Gasteiger partial charge in [-0.2, -0.15) is 4.37 Å². The number of nitrogens with two attached hydrogens (primary N) is 1. The number of likely N-dealkylation sites (tertiary alicyclic amines) is 1. The number of pyridine rings is 1. The molecule has 3 rings (SSSR count). The molecule has 110 valence electrons. The van der Waals surface area contributed by atoms with Gasteiger partial charge in [-0.25, -0.2) is 0 Å². The predicted octanol–water partition coefficient (Wildman–Crippen LogP) is 2.66. The molecule has 2 aromatic heterocycles. The van der Waals surface area contributed by atoms with Crippen molar-refractivity contribution in [1.29, 1.82) is 0 Å². The van der Waals surface area contributed by atoms with Crippen molar-refractivity contribution in [3.05, 3.63) is 29.4 Å². The third kappa shape index (κ3) is 2.76. The fourth-order valence-corrected chi connectivity index (χ4v) is 3.31. The molecule has 3 heterocycles. The van der Waals surface area contributed by atoms with Crippen LogP contribution in [0.25, 0.3) is 11.3 Å². The summed E-state index contributed by atoms with van der Waals surface area (Å²) in [6, 6.07) is 3.70. The molecule has 21 heavy (non-hydrogen) atoms. The molecule has 1 fully saturated rings. The van der Waals surface area contributed by atoms with E-state index in [2.05, 4.69) is 16.3 Å². The van der Waals surface area contributed by atoms with Gasteiger partial charge in [-0.15, -0.1) is 0 Å². The lowest BCUT2D eigenvalue weighted by Crippen LogP contribution is -2.37. The van der Waals surface area contributed by atoms with E-state index in [-0.39, 0.29) is 5.91 Å². The monoisotopic (exact) mass is 302 g/mol. The van der Waals surface area contributed by atoms with Gasteiger partial charge in [-0.3, -0.25) is 9.78 Å². The zero-order chi connectivity index (χ0) is 14.8. The molecule has 6 heteroatoms. The Labute approximate surface area is 128 Å². The summed E-state index contributed by atoms with van der Waals surface area (Å²) in [7, 11) is 0. The first kappa shape index (κ1) is 14.0. The number of hydrogen-bond acceptors (Lipinski definition) is 5. The van der Waals surface area contributed by atoms with Crippen molar-refractivity contribution in [2.45, 2.75) is 19.8 Å². The van der Waals surface area contributed by atoms with Gasteiger partial charge in [-0.1, -0.05) is 6.92 Å². The van der Waals surface area contributed by atoms with Crippen molar-refractivity contribution in [1.82, 2.24) is 14.3 Å². The summed E-state index contributed by atoms with van der Waals surface area (Å²) in [5.74, 6) is 0.706. The van der Waals surface area contributed by atoms with Crippen LogP contribution in [0.15, 0.2) is 24.5 Å². The number of nitrogens with zero attached hydrogens (tertiary/aromatic N) is 3. The smallest absolute Gasteiger partial charge is 0.267 e. The van der Waals surface area contributed by atoms with Gasteiger partial charge in [0.1, 0.15) is 10.6 Å². The van der Waals surface area contributed by atoms with E-state index in [4.69, 9.17) is 5.73 Å². The molecule has 1 saturated heterocycles. The number of piperidine rings is 1. The highest BCUT2D eigenvalue weighted by atomic mass is 32.1. The summed E-state index contributed by atoms with van der Waals surface area (Å²) in [5.41, 5.74) is 8.20. The Morgan fingerprint density at radius 3 is 2.67 bits per heavy atom. The van der Waals surface area contributed by atoms with E-state index in [1.807, 2.05) is 17.0 Å². The standard InChI is InChI=1S/C15H18N4OS/c1-10-4-8-19(9-5-10)15(20)14-12(16)13(18-21-14)11-2-6-17-7-3-11/h2-3,6-7,10H,4-5,8-9,16H2,1H3. The molecule has 0 saturated carbocycles. The zero-order valence-corrected chi connectivity index (χ0v) is 12.8. The first-order chi connectivity index (χ1) is 10.2. The Morgan fingerprint density at radius 2 is 2.00 bits per heavy atom. The highest BCUT2D eigenvalue weighted by Crippen LogP contribution is 2.32. The molecule has 0 bridgehead atoms. The molecule has 0 radical (unpaired) electrons. The van der Waals surface area contributed by atoms with E-state index < -0.39 is 0 Å². The summed E-state index contributed by atoms with van der Waals surface area (Å²) in [4.78, 5) is 19.0. The molecule has 0 spiro atoms. The second-order valence-corrected chi connectivity index (χ2v) is 6.26. The SMILES string of the molecule is CC1CCN(C(=O)c2snc(-c3ccncc3)c2N)CC1. The van der Waals surface area contributed by atoms with E-state index in [9.17, 15) is 4.79 Å². The summed E-state index contributed by atoms with van der Waals surface area (Å²) in [6.07, 6.45) is 5.51. The zero-order valence-electron chi connectivity index (χ0n) is 12.0. The third-order valence-electron chi connectivity index (χ3n) is 3.95. The molecule has 2 N–H and O–H groups in total. The van der Waals surface area contributed by atoms with E-state index >= 15 is 0 Å². The van der Waals surface area contributed by atoms with Gasteiger partial charge in [0.2, 0.25) is 0 Å². The molecule has 1 aliphatic rings. The maximum Gasteiger partial charge on any atom is 0.267 e. The Balaban J connectivity index is 1.84. The molecule has 1 aliphatic heterocycles. The molecule has 0 unspecified atom stereocenters. The van der Waals surface area contributed by atoms with E-state index in [0.717, 1.165) is 31.5 Å². The van der Waals surface area contributed by atoms with Gasteiger partial charge < -0.3 is 10.6 Å². The van der Waals surface area contributed by atoms with Crippen molar-refractivity contribution < 1.29 is 4.79 Å². The van der Waals surface area contributed by atoms with Gasteiger partial charge >= 0.3 is 0 Å². The second kappa shape index (κ2) is 5.81. The van der Waals surface area contributed by atoms with E-state index in [1.165, 1.54) is 11.5 Å². The van der Waals surface area contributed by atoms with E-state index in [0.29, 0.717) is 22.2 Å². The predicted molar refractivity (Wildman–Crippen MR) is 84.1 cm³/mol. The highest BCUT2D eigenvalue weighted by Gasteiger charge is 2.26. The Hall–Kier alpha value is -1.95. The molecule has 5 nitrogen and oxygen atoms in total. The minimum Gasteiger partial charge on any atom is -0.396 e. The number of hydrogen-bond donors (Lipinski definition) is 1. The molecule has 1 amide bonds. The minimum atomic E-state index is 0.0113. The van der Waals surface area contributed by atoms with Crippen molar-refractivity contribution >= 4 is 23.1 Å². The third-order valence-corrected chi connectivity index (χ3v) is 4.80. The van der Waals surface area contributed by atoms with Crippen LogP contribution in [0.5, 0.6) is 0 Å². The second-order valence-electron chi connectivity index (χ2n) is 5.48. The Morgan fingerprint density at radius 1 is 1.33 bits per heavy atom. The van der Waals surface area contributed by atoms with Crippen LogP contribution < -0.4 is 5.73 Å². The quantitative estimate of drug-likeness (QED) is 0.925. The largest absolute Gasteiger partial charge is 0.396 e. The van der Waals surface area contributed by atoms with Crippen LogP contribution in [-0.4, -0.2) is 33.3 Å². The van der Waals surface area contributed by atoms with Crippen LogP contribution in [0.4, 0.5) is 5.69 Å². The lowest BCUT2D eigenvalue weighted by atomic mass is 9.99. The van der Waals surface area contributed by atoms with E-state index in [1.54, 1.807) is 12.4 Å². The maximum absolute atomic E-state index is 12.6. The number of amides is 1. The summed E-state index contributed by atoms with van der Waals surface area (Å²) in [5, 5.41) is 0. The van der Waals surface area contributed by atoms with Gasteiger partial charge in [0, 0.05) is 31.0 Å². The fourth-order valence-electron chi connectivity index (χ4n) is 2.52. The summed E-state index contributed by atoms with van der Waals surface area (Å²) < 4.78 is 4.36. The van der Waals surface area contributed by atoms with Crippen LogP contribution in [0.3, 0.4) is 0 Å². The average molecular weight is 302 g/mol. The highest BCUT2D eigenvalue weighted by molar-refractivity contribution is 7.09. The van der Waals surface area contributed by atoms with Gasteiger partial charge in [-0.05, 0) is 42.4 Å². The normalized spacial score (nSPS) is 16.1. The van der Waals surface area contributed by atoms with Gasteiger partial charge in [0.15, 0.2) is 0 Å². The van der Waals surface area contributed by atoms with Crippen molar-refractivity contribution in [2.75, 3.05) is 18.8 Å². The average Bonchev–Trinajstić information content (AvgIpc) is 2.90. The van der Waals surface area contributed by atoms with Crippen LogP contribution in [0.1, 0.15) is 29.4 Å². The number of aromatic nitrogens is 2. The first-order valence-corrected chi connectivity index (χ1v) is 7.89. The van der Waals surface area contributed by atoms with Crippen LogP contribution >= 0.6 is 11.5 Å². The lowest BCUT2D eigenvalue weighted by molar-refractivity contribution is 0.0703. The lowest BCUT2D eigenvalue weighted by Gasteiger charge is -2.29. The van der Waals surface area contributed by atoms with Crippen molar-refractivity contribution in [3.63, 3.8) is 0 Å². The van der Waals surface area contributed by atoms with Crippen LogP contribution in [-0.2, 0) is 0 Å². The molecular formula is C15H18N4OS. The maximum atomic E-state index is 12.6. The van der Waals surface area contributed by atoms with Gasteiger partial charge in [0.25, 0.3) is 5.91 Å². The van der Waals surface area contributed by atoms with Crippen LogP contribution in [0.2, 0.25) is 0 Å².